The number of rotatable bonds is 4. The van der Waals surface area contributed by atoms with Crippen LogP contribution in [0, 0.1) is 0 Å². The number of amides is 1. The summed E-state index contributed by atoms with van der Waals surface area (Å²) in [5.41, 5.74) is 4.80. The molecule has 0 unspecified atom stereocenters. The van der Waals surface area contributed by atoms with Gasteiger partial charge in [-0.3, -0.25) is 9.59 Å². The van der Waals surface area contributed by atoms with Crippen molar-refractivity contribution in [2.24, 2.45) is 5.73 Å². The molecule has 0 saturated heterocycles. The maximum Gasteiger partial charge on any atom is 0.217 e. The Bertz CT molecular complexity index is 110. The summed E-state index contributed by atoms with van der Waals surface area (Å²) in [6.45, 7) is 0. The van der Waals surface area contributed by atoms with E-state index in [2.05, 4.69) is 12.6 Å². The van der Waals surface area contributed by atoms with Crippen molar-refractivity contribution in [2.75, 3.05) is 0 Å². The van der Waals surface area contributed by atoms with E-state index in [4.69, 9.17) is 5.73 Å². The van der Waals surface area contributed by atoms with Crippen molar-refractivity contribution >= 4 is 23.7 Å². The second-order valence-corrected chi connectivity index (χ2v) is 2.21. The van der Waals surface area contributed by atoms with Gasteiger partial charge in [-0.05, 0) is 6.42 Å². The number of nitrogens with two attached hydrogens (primary N) is 1. The highest BCUT2D eigenvalue weighted by molar-refractivity contribution is 7.96. The summed E-state index contributed by atoms with van der Waals surface area (Å²) in [5, 5.41) is -0.198. The molecule has 0 rings (SSSR count). The van der Waals surface area contributed by atoms with Gasteiger partial charge in [0.2, 0.25) is 5.91 Å². The van der Waals surface area contributed by atoms with Gasteiger partial charge < -0.3 is 5.73 Å². The molecule has 0 aromatic rings. The molecule has 0 radical (unpaired) electrons. The molecule has 0 aliphatic carbocycles. The van der Waals surface area contributed by atoms with Crippen LogP contribution in [0.3, 0.4) is 0 Å². The fourth-order valence-electron chi connectivity index (χ4n) is 0.414. The SMILES string of the molecule is NC(=O)CCCC(=O)S. The Hall–Kier alpha value is -0.510. The molecule has 0 atom stereocenters. The molecule has 3 nitrogen and oxygen atoms in total. The topological polar surface area (TPSA) is 60.2 Å². The first-order valence-corrected chi connectivity index (χ1v) is 3.07. The van der Waals surface area contributed by atoms with E-state index in [1.807, 2.05) is 0 Å². The standard InChI is InChI=1S/C5H9NO2S/c6-4(7)2-1-3-5(8)9/h1-3H2,(H2,6,7)(H,8,9). The Morgan fingerprint density at radius 3 is 2.22 bits per heavy atom. The quantitative estimate of drug-likeness (QED) is 0.554. The van der Waals surface area contributed by atoms with E-state index in [1.165, 1.54) is 0 Å². The number of carbonyl (C=O) groups excluding carboxylic acids is 2. The average Bonchev–Trinajstić information content (AvgIpc) is 1.63. The van der Waals surface area contributed by atoms with E-state index in [9.17, 15) is 9.59 Å². The van der Waals surface area contributed by atoms with Crippen molar-refractivity contribution in [1.82, 2.24) is 0 Å². The molecular weight excluding hydrogens is 138 g/mol. The molecule has 0 saturated carbocycles. The van der Waals surface area contributed by atoms with Gasteiger partial charge in [-0.2, -0.15) is 0 Å². The number of hydrogen-bond donors (Lipinski definition) is 2. The highest BCUT2D eigenvalue weighted by Crippen LogP contribution is 1.96. The predicted octanol–water partition coefficient (Wildman–Crippen LogP) is 0.0984. The van der Waals surface area contributed by atoms with Crippen LogP contribution in [0.1, 0.15) is 19.3 Å². The summed E-state index contributed by atoms with van der Waals surface area (Å²) >= 11 is 3.51. The highest BCUT2D eigenvalue weighted by Gasteiger charge is 1.96. The van der Waals surface area contributed by atoms with Crippen LogP contribution in [0.25, 0.3) is 0 Å². The molecule has 0 aromatic heterocycles. The van der Waals surface area contributed by atoms with Crippen molar-refractivity contribution in [3.05, 3.63) is 0 Å². The molecule has 2 N–H and O–H groups in total. The third-order valence-electron chi connectivity index (χ3n) is 0.814. The fourth-order valence-corrected chi connectivity index (χ4v) is 0.572. The van der Waals surface area contributed by atoms with Gasteiger partial charge in [0.1, 0.15) is 0 Å². The first-order chi connectivity index (χ1) is 4.13. The minimum atomic E-state index is -0.371. The van der Waals surface area contributed by atoms with Crippen LogP contribution in [0.2, 0.25) is 0 Å². The van der Waals surface area contributed by atoms with Crippen LogP contribution < -0.4 is 5.73 Å². The van der Waals surface area contributed by atoms with Crippen LogP contribution in [0.5, 0.6) is 0 Å². The molecule has 0 heterocycles. The van der Waals surface area contributed by atoms with Gasteiger partial charge >= 0.3 is 0 Å². The highest BCUT2D eigenvalue weighted by atomic mass is 32.1. The smallest absolute Gasteiger partial charge is 0.217 e. The second kappa shape index (κ2) is 4.38. The van der Waals surface area contributed by atoms with Gasteiger partial charge in [0, 0.05) is 12.8 Å². The largest absolute Gasteiger partial charge is 0.370 e. The van der Waals surface area contributed by atoms with Crippen molar-refractivity contribution in [3.63, 3.8) is 0 Å². The lowest BCUT2D eigenvalue weighted by Gasteiger charge is -1.90. The number of hydrogen-bond acceptors (Lipinski definition) is 2. The van der Waals surface area contributed by atoms with Gasteiger partial charge in [0.25, 0.3) is 0 Å². The lowest BCUT2D eigenvalue weighted by atomic mass is 10.2. The van der Waals surface area contributed by atoms with E-state index in [1.54, 1.807) is 0 Å². The van der Waals surface area contributed by atoms with E-state index >= 15 is 0 Å². The van der Waals surface area contributed by atoms with Gasteiger partial charge in [-0.25, -0.2) is 0 Å². The molecule has 0 fully saturated rings. The van der Waals surface area contributed by atoms with Gasteiger partial charge in [0.15, 0.2) is 5.12 Å². The van der Waals surface area contributed by atoms with Crippen LogP contribution in [-0.2, 0) is 9.59 Å². The summed E-state index contributed by atoms with van der Waals surface area (Å²) in [7, 11) is 0. The Labute approximate surface area is 59.0 Å². The minimum Gasteiger partial charge on any atom is -0.370 e. The Balaban J connectivity index is 3.10. The lowest BCUT2D eigenvalue weighted by Crippen LogP contribution is -2.09. The van der Waals surface area contributed by atoms with E-state index in [0.29, 0.717) is 12.8 Å². The zero-order valence-electron chi connectivity index (χ0n) is 4.96. The summed E-state index contributed by atoms with van der Waals surface area (Å²) in [6, 6.07) is 0. The first kappa shape index (κ1) is 8.49. The molecule has 1 amide bonds. The summed E-state index contributed by atoms with van der Waals surface area (Å²) in [6.07, 6.45) is 1.11. The van der Waals surface area contributed by atoms with Gasteiger partial charge in [-0.15, -0.1) is 12.6 Å². The number of carbonyl (C=O) groups is 2. The van der Waals surface area contributed by atoms with Crippen LogP contribution in [-0.4, -0.2) is 11.0 Å². The number of thiol groups is 1. The normalized spacial score (nSPS) is 9.00. The van der Waals surface area contributed by atoms with Gasteiger partial charge in [0.05, 0.1) is 0 Å². The van der Waals surface area contributed by atoms with Crippen LogP contribution >= 0.6 is 12.6 Å². The zero-order valence-corrected chi connectivity index (χ0v) is 5.86. The Morgan fingerprint density at radius 1 is 1.33 bits per heavy atom. The molecule has 4 heteroatoms. The fraction of sp³-hybridized carbons (Fsp3) is 0.600. The van der Waals surface area contributed by atoms with Crippen LogP contribution in [0.4, 0.5) is 0 Å². The number of primary amides is 1. The molecule has 0 aromatic carbocycles. The molecule has 52 valence electrons. The molecule has 0 bridgehead atoms. The third-order valence-corrected chi connectivity index (χ3v) is 1.04. The molecule has 0 spiro atoms. The first-order valence-electron chi connectivity index (χ1n) is 2.63. The maximum absolute atomic E-state index is 10.1. The van der Waals surface area contributed by atoms with Crippen molar-refractivity contribution < 1.29 is 9.59 Å². The molecule has 9 heavy (non-hydrogen) atoms. The maximum atomic E-state index is 10.1. The van der Waals surface area contributed by atoms with E-state index < -0.39 is 0 Å². The van der Waals surface area contributed by atoms with E-state index in [0.717, 1.165) is 0 Å². The van der Waals surface area contributed by atoms with Gasteiger partial charge in [-0.1, -0.05) is 0 Å². The van der Waals surface area contributed by atoms with Crippen molar-refractivity contribution in [1.29, 1.82) is 0 Å². The summed E-state index contributed by atoms with van der Waals surface area (Å²) in [4.78, 5) is 20.2. The Kier molecular flexibility index (Phi) is 4.13. The van der Waals surface area contributed by atoms with Crippen molar-refractivity contribution in [2.45, 2.75) is 19.3 Å². The second-order valence-electron chi connectivity index (χ2n) is 1.71. The summed E-state index contributed by atoms with van der Waals surface area (Å²) in [5.74, 6) is -0.371. The zero-order chi connectivity index (χ0) is 7.28. The summed E-state index contributed by atoms with van der Waals surface area (Å²) < 4.78 is 0. The molecular formula is C5H9NO2S. The van der Waals surface area contributed by atoms with Crippen LogP contribution in [0.15, 0.2) is 0 Å². The van der Waals surface area contributed by atoms with E-state index in [-0.39, 0.29) is 17.4 Å². The third kappa shape index (κ3) is 7.49. The lowest BCUT2D eigenvalue weighted by molar-refractivity contribution is -0.118. The Morgan fingerprint density at radius 2 is 1.89 bits per heavy atom. The molecule has 0 aliphatic rings. The average molecular weight is 147 g/mol. The molecule has 0 aliphatic heterocycles. The van der Waals surface area contributed by atoms with Crippen molar-refractivity contribution in [3.8, 4) is 0 Å². The monoisotopic (exact) mass is 147 g/mol. The predicted molar refractivity (Wildman–Crippen MR) is 37.0 cm³/mol. The minimum absolute atomic E-state index is 0.198.